The van der Waals surface area contributed by atoms with Gasteiger partial charge < -0.3 is 15.7 Å². The van der Waals surface area contributed by atoms with Crippen molar-refractivity contribution in [1.82, 2.24) is 10.3 Å². The number of carboxylic acid groups (broad SMARTS) is 1. The van der Waals surface area contributed by atoms with Gasteiger partial charge in [0.1, 0.15) is 5.69 Å². The molecule has 1 aromatic rings. The summed E-state index contributed by atoms with van der Waals surface area (Å²) < 4.78 is 0. The van der Waals surface area contributed by atoms with Crippen LogP contribution in [0.25, 0.3) is 0 Å². The van der Waals surface area contributed by atoms with Gasteiger partial charge in [-0.2, -0.15) is 0 Å². The number of hydrogen-bond acceptors (Lipinski definition) is 4. The van der Waals surface area contributed by atoms with Gasteiger partial charge in [0.05, 0.1) is 6.42 Å². The van der Waals surface area contributed by atoms with Crippen LogP contribution in [0.15, 0.2) is 18.3 Å². The maximum atomic E-state index is 11.4. The van der Waals surface area contributed by atoms with Gasteiger partial charge in [0.25, 0.3) is 5.91 Å². The van der Waals surface area contributed by atoms with E-state index in [-0.39, 0.29) is 18.4 Å². The SMILES string of the molecule is CCC(CC(=O)O)Nc1ccnc(C(=O)NC)c1. The molecule has 0 bridgehead atoms. The summed E-state index contributed by atoms with van der Waals surface area (Å²) in [5.41, 5.74) is 0.990. The van der Waals surface area contributed by atoms with Crippen molar-refractivity contribution < 1.29 is 14.7 Å². The molecule has 0 aliphatic rings. The Labute approximate surface area is 105 Å². The molecule has 1 heterocycles. The number of aliphatic carboxylic acids is 1. The second kappa shape index (κ2) is 6.58. The lowest BCUT2D eigenvalue weighted by molar-refractivity contribution is -0.137. The number of amides is 1. The van der Waals surface area contributed by atoms with Crippen LogP contribution in [0.5, 0.6) is 0 Å². The molecule has 3 N–H and O–H groups in total. The van der Waals surface area contributed by atoms with Gasteiger partial charge in [-0.25, -0.2) is 0 Å². The smallest absolute Gasteiger partial charge is 0.305 e. The zero-order valence-electron chi connectivity index (χ0n) is 10.4. The minimum Gasteiger partial charge on any atom is -0.481 e. The molecule has 1 atom stereocenters. The van der Waals surface area contributed by atoms with Crippen LogP contribution in [-0.4, -0.2) is 35.1 Å². The van der Waals surface area contributed by atoms with E-state index >= 15 is 0 Å². The maximum absolute atomic E-state index is 11.4. The summed E-state index contributed by atoms with van der Waals surface area (Å²) in [5, 5.41) is 14.3. The maximum Gasteiger partial charge on any atom is 0.305 e. The van der Waals surface area contributed by atoms with Gasteiger partial charge in [0.15, 0.2) is 0 Å². The first-order chi connectivity index (χ1) is 8.56. The van der Waals surface area contributed by atoms with E-state index in [9.17, 15) is 9.59 Å². The number of rotatable bonds is 6. The van der Waals surface area contributed by atoms with Crippen LogP contribution in [0.4, 0.5) is 5.69 Å². The molecule has 1 unspecified atom stereocenters. The minimum absolute atomic E-state index is 0.0358. The average Bonchev–Trinajstić information content (AvgIpc) is 2.36. The average molecular weight is 251 g/mol. The highest BCUT2D eigenvalue weighted by molar-refractivity contribution is 5.92. The number of anilines is 1. The van der Waals surface area contributed by atoms with Crippen molar-refractivity contribution >= 4 is 17.6 Å². The van der Waals surface area contributed by atoms with Crippen molar-refractivity contribution in [2.24, 2.45) is 0 Å². The van der Waals surface area contributed by atoms with E-state index in [1.54, 1.807) is 12.1 Å². The molecule has 0 fully saturated rings. The van der Waals surface area contributed by atoms with Gasteiger partial charge >= 0.3 is 5.97 Å². The van der Waals surface area contributed by atoms with Crippen LogP contribution in [0.1, 0.15) is 30.3 Å². The normalized spacial score (nSPS) is 11.7. The van der Waals surface area contributed by atoms with E-state index in [2.05, 4.69) is 15.6 Å². The lowest BCUT2D eigenvalue weighted by Crippen LogP contribution is -2.23. The number of hydrogen-bond donors (Lipinski definition) is 3. The molecule has 0 saturated carbocycles. The van der Waals surface area contributed by atoms with E-state index in [1.165, 1.54) is 13.2 Å². The first kappa shape index (κ1) is 14.0. The first-order valence-electron chi connectivity index (χ1n) is 5.73. The Morgan fingerprint density at radius 1 is 1.50 bits per heavy atom. The van der Waals surface area contributed by atoms with E-state index < -0.39 is 5.97 Å². The van der Waals surface area contributed by atoms with Crippen LogP contribution in [-0.2, 0) is 4.79 Å². The monoisotopic (exact) mass is 251 g/mol. The van der Waals surface area contributed by atoms with Gasteiger partial charge in [0.2, 0.25) is 0 Å². The Morgan fingerprint density at radius 3 is 2.78 bits per heavy atom. The Balaban J connectivity index is 2.77. The highest BCUT2D eigenvalue weighted by Gasteiger charge is 2.12. The summed E-state index contributed by atoms with van der Waals surface area (Å²) in [5.74, 6) is -1.13. The van der Waals surface area contributed by atoms with Crippen molar-refractivity contribution in [3.63, 3.8) is 0 Å². The zero-order valence-corrected chi connectivity index (χ0v) is 10.4. The lowest BCUT2D eigenvalue weighted by atomic mass is 10.1. The molecule has 0 radical (unpaired) electrons. The summed E-state index contributed by atoms with van der Waals surface area (Å²) >= 11 is 0. The molecule has 0 spiro atoms. The van der Waals surface area contributed by atoms with Crippen molar-refractivity contribution in [2.45, 2.75) is 25.8 Å². The van der Waals surface area contributed by atoms with Gasteiger partial charge in [-0.3, -0.25) is 14.6 Å². The number of carboxylic acids is 1. The molecule has 0 aliphatic carbocycles. The summed E-state index contributed by atoms with van der Waals surface area (Å²) in [7, 11) is 1.53. The molecule has 1 amide bonds. The molecule has 0 aliphatic heterocycles. The molecular weight excluding hydrogens is 234 g/mol. The number of carbonyl (C=O) groups excluding carboxylic acids is 1. The van der Waals surface area contributed by atoms with E-state index in [0.29, 0.717) is 17.8 Å². The molecule has 1 rings (SSSR count). The number of nitrogens with zero attached hydrogens (tertiary/aromatic N) is 1. The van der Waals surface area contributed by atoms with Gasteiger partial charge in [0, 0.05) is 25.0 Å². The van der Waals surface area contributed by atoms with Crippen molar-refractivity contribution in [2.75, 3.05) is 12.4 Å². The van der Waals surface area contributed by atoms with Gasteiger partial charge in [-0.05, 0) is 18.6 Å². The molecule has 0 aromatic carbocycles. The van der Waals surface area contributed by atoms with Crippen LogP contribution in [0.2, 0.25) is 0 Å². The number of carbonyl (C=O) groups is 2. The van der Waals surface area contributed by atoms with Crippen LogP contribution < -0.4 is 10.6 Å². The third-order valence-electron chi connectivity index (χ3n) is 2.50. The standard InChI is InChI=1S/C12H17N3O3/c1-3-8(7-11(16)17)15-9-4-5-14-10(6-9)12(18)13-2/h4-6,8H,3,7H2,1-2H3,(H,13,18)(H,14,15)(H,16,17). The molecule has 98 valence electrons. The zero-order chi connectivity index (χ0) is 13.5. The second-order valence-electron chi connectivity index (χ2n) is 3.86. The number of pyridine rings is 1. The van der Waals surface area contributed by atoms with Crippen LogP contribution in [0, 0.1) is 0 Å². The second-order valence-corrected chi connectivity index (χ2v) is 3.86. The predicted octanol–water partition coefficient (Wildman–Crippen LogP) is 1.11. The third kappa shape index (κ3) is 4.04. The number of nitrogens with one attached hydrogen (secondary N) is 2. The Hall–Kier alpha value is -2.11. The highest BCUT2D eigenvalue weighted by Crippen LogP contribution is 2.12. The molecule has 1 aromatic heterocycles. The largest absolute Gasteiger partial charge is 0.481 e. The summed E-state index contributed by atoms with van der Waals surface area (Å²) in [6.07, 6.45) is 2.23. The minimum atomic E-state index is -0.852. The summed E-state index contributed by atoms with van der Waals surface area (Å²) in [6, 6.07) is 3.14. The Bertz CT molecular complexity index is 434. The molecule has 6 nitrogen and oxygen atoms in total. The van der Waals surface area contributed by atoms with Crippen LogP contribution >= 0.6 is 0 Å². The third-order valence-corrected chi connectivity index (χ3v) is 2.50. The fourth-order valence-electron chi connectivity index (χ4n) is 1.52. The molecule has 6 heteroatoms. The lowest BCUT2D eigenvalue weighted by Gasteiger charge is -2.16. The van der Waals surface area contributed by atoms with Crippen molar-refractivity contribution in [1.29, 1.82) is 0 Å². The highest BCUT2D eigenvalue weighted by atomic mass is 16.4. The van der Waals surface area contributed by atoms with E-state index in [4.69, 9.17) is 5.11 Å². The number of aromatic nitrogens is 1. The Morgan fingerprint density at radius 2 is 2.22 bits per heavy atom. The molecule has 0 saturated heterocycles. The van der Waals surface area contributed by atoms with Crippen molar-refractivity contribution in [3.05, 3.63) is 24.0 Å². The Kier molecular flexibility index (Phi) is 5.10. The van der Waals surface area contributed by atoms with E-state index in [0.717, 1.165) is 0 Å². The van der Waals surface area contributed by atoms with Crippen LogP contribution in [0.3, 0.4) is 0 Å². The quantitative estimate of drug-likeness (QED) is 0.704. The molecule has 18 heavy (non-hydrogen) atoms. The topological polar surface area (TPSA) is 91.3 Å². The van der Waals surface area contributed by atoms with E-state index in [1.807, 2.05) is 6.92 Å². The van der Waals surface area contributed by atoms with Crippen molar-refractivity contribution in [3.8, 4) is 0 Å². The molecular formula is C12H17N3O3. The summed E-state index contributed by atoms with van der Waals surface area (Å²) in [4.78, 5) is 26.0. The fraction of sp³-hybridized carbons (Fsp3) is 0.417. The van der Waals surface area contributed by atoms with Gasteiger partial charge in [-0.15, -0.1) is 0 Å². The summed E-state index contributed by atoms with van der Waals surface area (Å²) in [6.45, 7) is 1.90. The first-order valence-corrected chi connectivity index (χ1v) is 5.73. The fourth-order valence-corrected chi connectivity index (χ4v) is 1.52. The van der Waals surface area contributed by atoms with Gasteiger partial charge in [-0.1, -0.05) is 6.92 Å². The predicted molar refractivity (Wildman–Crippen MR) is 67.6 cm³/mol.